The topological polar surface area (TPSA) is 139 Å². The van der Waals surface area contributed by atoms with Gasteiger partial charge in [0.1, 0.15) is 16.9 Å². The molecule has 0 aliphatic carbocycles. The van der Waals surface area contributed by atoms with E-state index < -0.39 is 35.0 Å². The zero-order valence-corrected chi connectivity index (χ0v) is 19.4. The number of ketones is 1. The number of hydrogen-bond acceptors (Lipinski definition) is 10. The van der Waals surface area contributed by atoms with Crippen molar-refractivity contribution in [1.82, 2.24) is 0 Å². The first kappa shape index (κ1) is 23.8. The summed E-state index contributed by atoms with van der Waals surface area (Å²) in [5.41, 5.74) is 0.442. The van der Waals surface area contributed by atoms with Crippen LogP contribution in [0.2, 0.25) is 0 Å². The molecule has 0 spiro atoms. The van der Waals surface area contributed by atoms with Crippen molar-refractivity contribution in [3.8, 4) is 23.0 Å². The van der Waals surface area contributed by atoms with E-state index >= 15 is 0 Å². The van der Waals surface area contributed by atoms with Crippen molar-refractivity contribution in [2.24, 2.45) is 0 Å². The zero-order valence-electron chi connectivity index (χ0n) is 19.4. The quantitative estimate of drug-likeness (QED) is 0.241. The third-order valence-electron chi connectivity index (χ3n) is 5.80. The first-order valence-corrected chi connectivity index (χ1v) is 10.6. The van der Waals surface area contributed by atoms with E-state index in [9.17, 15) is 24.3 Å². The van der Waals surface area contributed by atoms with Crippen molar-refractivity contribution in [2.75, 3.05) is 20.8 Å². The molecule has 0 saturated heterocycles. The van der Waals surface area contributed by atoms with Crippen molar-refractivity contribution in [1.29, 1.82) is 0 Å². The second-order valence-electron chi connectivity index (χ2n) is 7.98. The minimum atomic E-state index is -0.707. The van der Waals surface area contributed by atoms with Gasteiger partial charge in [-0.1, -0.05) is 6.07 Å². The molecule has 0 radical (unpaired) electrons. The summed E-state index contributed by atoms with van der Waals surface area (Å²) in [6.07, 6.45) is -0.132. The Bertz CT molecular complexity index is 1430. The van der Waals surface area contributed by atoms with Gasteiger partial charge in [0.15, 0.2) is 29.6 Å². The van der Waals surface area contributed by atoms with Gasteiger partial charge in [0, 0.05) is 17.5 Å². The van der Waals surface area contributed by atoms with E-state index in [4.69, 9.17) is 18.6 Å². The summed E-state index contributed by atoms with van der Waals surface area (Å²) in [4.78, 5) is 48.7. The lowest BCUT2D eigenvalue weighted by molar-refractivity contribution is -0.143. The summed E-state index contributed by atoms with van der Waals surface area (Å²) in [6.45, 7) is 2.51. The van der Waals surface area contributed by atoms with Crippen LogP contribution in [0.4, 0.5) is 0 Å². The number of hydrogen-bond donors (Lipinski definition) is 1. The molecule has 0 bridgehead atoms. The van der Waals surface area contributed by atoms with Gasteiger partial charge in [-0.3, -0.25) is 9.59 Å². The highest BCUT2D eigenvalue weighted by Gasteiger charge is 2.37. The molecular formula is C25H22O10. The Balaban J connectivity index is 1.96. The average molecular weight is 482 g/mol. The number of fused-ring (bicyclic) bond motifs is 3. The predicted molar refractivity (Wildman–Crippen MR) is 121 cm³/mol. The Morgan fingerprint density at radius 3 is 2.54 bits per heavy atom. The third-order valence-corrected chi connectivity index (χ3v) is 5.80. The van der Waals surface area contributed by atoms with Crippen LogP contribution >= 0.6 is 0 Å². The van der Waals surface area contributed by atoms with Gasteiger partial charge in [-0.15, -0.1) is 0 Å². The fourth-order valence-corrected chi connectivity index (χ4v) is 4.24. The molecule has 35 heavy (non-hydrogen) atoms. The number of rotatable bonds is 6. The van der Waals surface area contributed by atoms with Crippen LogP contribution in [-0.2, 0) is 14.3 Å². The number of aromatic hydroxyl groups is 1. The highest BCUT2D eigenvalue weighted by Crippen LogP contribution is 2.50. The van der Waals surface area contributed by atoms with Crippen LogP contribution < -0.4 is 19.8 Å². The van der Waals surface area contributed by atoms with E-state index in [1.807, 2.05) is 0 Å². The molecule has 4 rings (SSSR count). The average Bonchev–Trinajstić information content (AvgIpc) is 2.80. The van der Waals surface area contributed by atoms with Gasteiger partial charge in [0.2, 0.25) is 0 Å². The van der Waals surface area contributed by atoms with E-state index in [0.717, 1.165) is 0 Å². The lowest BCUT2D eigenvalue weighted by atomic mass is 9.82. The molecule has 1 atom stereocenters. The number of benzene rings is 2. The Morgan fingerprint density at radius 1 is 1.14 bits per heavy atom. The second-order valence-corrected chi connectivity index (χ2v) is 7.98. The van der Waals surface area contributed by atoms with Crippen molar-refractivity contribution in [3.05, 3.63) is 56.9 Å². The number of Topliss-reactive ketones (excluding diaryl/α,β-unsaturated/α-hetero) is 1. The van der Waals surface area contributed by atoms with Crippen molar-refractivity contribution in [2.45, 2.75) is 26.2 Å². The Hall–Kier alpha value is -4.34. The second kappa shape index (κ2) is 9.13. The molecule has 0 amide bonds. The Morgan fingerprint density at radius 2 is 1.89 bits per heavy atom. The lowest BCUT2D eigenvalue weighted by Crippen LogP contribution is -2.24. The van der Waals surface area contributed by atoms with E-state index in [2.05, 4.69) is 4.74 Å². The molecule has 10 nitrogen and oxygen atoms in total. The molecule has 1 aromatic heterocycles. The van der Waals surface area contributed by atoms with Gasteiger partial charge in [-0.25, -0.2) is 9.59 Å². The Kier molecular flexibility index (Phi) is 6.21. The minimum Gasteiger partial charge on any atom is -0.506 e. The minimum absolute atomic E-state index is 0.0231. The van der Waals surface area contributed by atoms with Gasteiger partial charge in [0.25, 0.3) is 0 Å². The number of methoxy groups -OCH3 is 2. The lowest BCUT2D eigenvalue weighted by Gasteiger charge is -2.28. The molecule has 0 unspecified atom stereocenters. The predicted octanol–water partition coefficient (Wildman–Crippen LogP) is 3.01. The first-order valence-electron chi connectivity index (χ1n) is 10.6. The summed E-state index contributed by atoms with van der Waals surface area (Å²) in [5.74, 6) is -2.48. The smallest absolute Gasteiger partial charge is 0.343 e. The number of carbonyl (C=O) groups is 3. The number of ether oxygens (including phenoxy) is 4. The van der Waals surface area contributed by atoms with Gasteiger partial charge in [0.05, 0.1) is 26.0 Å². The van der Waals surface area contributed by atoms with Crippen molar-refractivity contribution in [3.63, 3.8) is 0 Å². The van der Waals surface area contributed by atoms with Crippen LogP contribution in [0.15, 0.2) is 33.5 Å². The van der Waals surface area contributed by atoms with Crippen molar-refractivity contribution >= 4 is 28.7 Å². The normalized spacial score (nSPS) is 14.7. The van der Waals surface area contributed by atoms with Crippen LogP contribution in [0.3, 0.4) is 0 Å². The van der Waals surface area contributed by atoms with Gasteiger partial charge >= 0.3 is 17.6 Å². The number of carbonyl (C=O) groups excluding carboxylic acids is 3. The molecule has 0 saturated carbocycles. The molecular weight excluding hydrogens is 460 g/mol. The number of phenols is 1. The Labute approximate surface area is 199 Å². The van der Waals surface area contributed by atoms with Crippen LogP contribution in [0, 0.1) is 6.92 Å². The van der Waals surface area contributed by atoms with E-state index in [0.29, 0.717) is 11.1 Å². The van der Waals surface area contributed by atoms with E-state index in [-0.39, 0.29) is 52.4 Å². The standard InChI is InChI=1S/C25H22O10/c1-11-7-17(27)34-24-20(11)23(30)21(12(2)26)25-22(24)14(9-18(28)35-25)13-5-6-15(16(8-13)31-3)33-10-19(29)32-4/h5-8,14,30H,9-10H2,1-4H3/t14-/m1/s1. The van der Waals surface area contributed by atoms with Crippen LogP contribution in [-0.4, -0.2) is 43.7 Å². The fourth-order valence-electron chi connectivity index (χ4n) is 4.24. The van der Waals surface area contributed by atoms with Crippen LogP contribution in [0.25, 0.3) is 11.0 Å². The molecule has 182 valence electrons. The van der Waals surface area contributed by atoms with Gasteiger partial charge in [-0.2, -0.15) is 0 Å². The molecule has 0 fully saturated rings. The molecule has 2 heterocycles. The third kappa shape index (κ3) is 4.18. The molecule has 1 aliphatic rings. The zero-order chi connectivity index (χ0) is 25.4. The maximum atomic E-state index is 12.6. The summed E-state index contributed by atoms with van der Waals surface area (Å²) in [7, 11) is 2.65. The largest absolute Gasteiger partial charge is 0.506 e. The molecule has 3 aromatic rings. The van der Waals surface area contributed by atoms with Crippen LogP contribution in [0.1, 0.15) is 46.3 Å². The highest BCUT2D eigenvalue weighted by atomic mass is 16.6. The monoisotopic (exact) mass is 482 g/mol. The van der Waals surface area contributed by atoms with E-state index in [1.165, 1.54) is 27.2 Å². The summed E-state index contributed by atoms with van der Waals surface area (Å²) < 4.78 is 26.3. The summed E-state index contributed by atoms with van der Waals surface area (Å²) in [5, 5.41) is 11.1. The molecule has 1 aliphatic heterocycles. The molecule has 10 heteroatoms. The van der Waals surface area contributed by atoms with E-state index in [1.54, 1.807) is 25.1 Å². The van der Waals surface area contributed by atoms with Crippen molar-refractivity contribution < 1.29 is 42.9 Å². The fraction of sp³-hybridized carbons (Fsp3) is 0.280. The highest BCUT2D eigenvalue weighted by molar-refractivity contribution is 6.09. The SMILES string of the molecule is COC(=O)COc1ccc([C@H]2CC(=O)Oc3c(C(C)=O)c(O)c4c(C)cc(=O)oc4c32)cc1OC. The number of phenolic OH excluding ortho intramolecular Hbond substituents is 1. The van der Waals surface area contributed by atoms with Gasteiger partial charge in [-0.05, 0) is 37.1 Å². The first-order chi connectivity index (χ1) is 16.7. The van der Waals surface area contributed by atoms with Crippen LogP contribution in [0.5, 0.6) is 23.0 Å². The molecule has 1 N–H and O–H groups in total. The maximum absolute atomic E-state index is 12.6. The molecule has 2 aromatic carbocycles. The maximum Gasteiger partial charge on any atom is 0.343 e. The summed E-state index contributed by atoms with van der Waals surface area (Å²) in [6, 6.07) is 6.03. The van der Waals surface area contributed by atoms with Gasteiger partial charge < -0.3 is 28.5 Å². The summed E-state index contributed by atoms with van der Waals surface area (Å²) >= 11 is 0. The number of esters is 2. The number of aryl methyl sites for hydroxylation is 1.